The Labute approximate surface area is 58.4 Å². The summed E-state index contributed by atoms with van der Waals surface area (Å²) in [5.74, 6) is 0. The SMILES string of the molecule is Cc1[pH]c(C)c(C)c1C. The average molecular weight is 140 g/mol. The van der Waals surface area contributed by atoms with Gasteiger partial charge in [0.15, 0.2) is 0 Å². The molecule has 0 aromatic carbocycles. The third kappa shape index (κ3) is 1.04. The summed E-state index contributed by atoms with van der Waals surface area (Å²) in [6.07, 6.45) is 0. The second kappa shape index (κ2) is 2.19. The second-order valence-corrected chi connectivity index (χ2v) is 4.38. The topological polar surface area (TPSA) is 0 Å². The molecule has 1 heterocycles. The van der Waals surface area contributed by atoms with Crippen LogP contribution >= 0.6 is 8.19 Å². The summed E-state index contributed by atoms with van der Waals surface area (Å²) in [7, 11) is 0.976. The molecule has 0 unspecified atom stereocenters. The lowest BCUT2D eigenvalue weighted by atomic mass is 10.2. The van der Waals surface area contributed by atoms with Gasteiger partial charge in [0.25, 0.3) is 0 Å². The third-order valence-corrected chi connectivity index (χ3v) is 3.56. The van der Waals surface area contributed by atoms with Crippen molar-refractivity contribution in [2.24, 2.45) is 0 Å². The van der Waals surface area contributed by atoms with Gasteiger partial charge in [0, 0.05) is 0 Å². The summed E-state index contributed by atoms with van der Waals surface area (Å²) in [6.45, 7) is 8.89. The van der Waals surface area contributed by atoms with Gasteiger partial charge in [-0.1, -0.05) is 0 Å². The minimum Gasteiger partial charge on any atom is -0.133 e. The number of hydrogen-bond acceptors (Lipinski definition) is 0. The number of rotatable bonds is 0. The molecule has 50 valence electrons. The van der Waals surface area contributed by atoms with E-state index in [0.29, 0.717) is 0 Å². The van der Waals surface area contributed by atoms with Crippen molar-refractivity contribution < 1.29 is 0 Å². The Morgan fingerprint density at radius 2 is 1.11 bits per heavy atom. The molecule has 0 aliphatic heterocycles. The lowest BCUT2D eigenvalue weighted by molar-refractivity contribution is 1.32. The second-order valence-electron chi connectivity index (χ2n) is 2.62. The van der Waals surface area contributed by atoms with Crippen LogP contribution in [0.1, 0.15) is 21.7 Å². The monoisotopic (exact) mass is 140 g/mol. The molecule has 0 aliphatic rings. The number of hydrogen-bond donors (Lipinski definition) is 0. The summed E-state index contributed by atoms with van der Waals surface area (Å²) in [5.41, 5.74) is 3.04. The van der Waals surface area contributed by atoms with Gasteiger partial charge < -0.3 is 0 Å². The van der Waals surface area contributed by atoms with Crippen LogP contribution in [0.3, 0.4) is 0 Å². The van der Waals surface area contributed by atoms with Gasteiger partial charge in [-0.3, -0.25) is 0 Å². The van der Waals surface area contributed by atoms with E-state index in [4.69, 9.17) is 0 Å². The van der Waals surface area contributed by atoms with Crippen LogP contribution in [0.15, 0.2) is 0 Å². The van der Waals surface area contributed by atoms with Crippen molar-refractivity contribution in [2.45, 2.75) is 27.7 Å². The minimum absolute atomic E-state index is 0.976. The molecule has 0 fully saturated rings. The summed E-state index contributed by atoms with van der Waals surface area (Å²) in [6, 6.07) is 0. The Hall–Kier alpha value is -0.220. The maximum absolute atomic E-state index is 2.23. The van der Waals surface area contributed by atoms with Gasteiger partial charge in [-0.15, -0.1) is 8.19 Å². The molecule has 9 heavy (non-hydrogen) atoms. The lowest BCUT2D eigenvalue weighted by Gasteiger charge is -1.90. The van der Waals surface area contributed by atoms with Crippen molar-refractivity contribution in [1.82, 2.24) is 0 Å². The fourth-order valence-electron chi connectivity index (χ4n) is 1.03. The van der Waals surface area contributed by atoms with Crippen LogP contribution in [0, 0.1) is 27.7 Å². The summed E-state index contributed by atoms with van der Waals surface area (Å²) < 4.78 is 0. The zero-order valence-corrected chi connectivity index (χ0v) is 7.50. The lowest BCUT2D eigenvalue weighted by Crippen LogP contribution is -1.73. The molecule has 0 N–H and O–H groups in total. The summed E-state index contributed by atoms with van der Waals surface area (Å²) >= 11 is 0. The van der Waals surface area contributed by atoms with Crippen LogP contribution in [-0.4, -0.2) is 0 Å². The predicted octanol–water partition coefficient (Wildman–Crippen LogP) is 2.95. The summed E-state index contributed by atoms with van der Waals surface area (Å²) in [5, 5.41) is 3.15. The molecule has 0 saturated carbocycles. The molecule has 1 aromatic rings. The Morgan fingerprint density at radius 3 is 1.22 bits per heavy atom. The molecular weight excluding hydrogens is 127 g/mol. The van der Waals surface area contributed by atoms with Gasteiger partial charge in [-0.05, 0) is 49.4 Å². The molecule has 0 radical (unpaired) electrons. The largest absolute Gasteiger partial charge is 0.133 e. The molecule has 1 aromatic heterocycles. The highest BCUT2D eigenvalue weighted by Gasteiger charge is 2.00. The Bertz CT molecular complexity index is 198. The van der Waals surface area contributed by atoms with Gasteiger partial charge in [-0.2, -0.15) is 0 Å². The highest BCUT2D eigenvalue weighted by Crippen LogP contribution is 2.29. The van der Waals surface area contributed by atoms with Crippen LogP contribution < -0.4 is 0 Å². The van der Waals surface area contributed by atoms with E-state index >= 15 is 0 Å². The van der Waals surface area contributed by atoms with Gasteiger partial charge in [0.2, 0.25) is 0 Å². The predicted molar refractivity (Wildman–Crippen MR) is 44.9 cm³/mol. The number of aryl methyl sites for hydroxylation is 2. The summed E-state index contributed by atoms with van der Waals surface area (Å²) in [4.78, 5) is 0. The first kappa shape index (κ1) is 6.89. The zero-order chi connectivity index (χ0) is 7.02. The fourth-order valence-corrected chi connectivity index (χ4v) is 2.34. The van der Waals surface area contributed by atoms with Crippen molar-refractivity contribution in [3.63, 3.8) is 0 Å². The minimum atomic E-state index is 0.976. The molecule has 0 atom stereocenters. The van der Waals surface area contributed by atoms with Crippen molar-refractivity contribution in [2.75, 3.05) is 0 Å². The highest BCUT2D eigenvalue weighted by molar-refractivity contribution is 7.32. The molecule has 1 rings (SSSR count). The van der Waals surface area contributed by atoms with E-state index in [-0.39, 0.29) is 0 Å². The molecule has 0 spiro atoms. The maximum Gasteiger partial charge on any atom is -0.0310 e. The maximum atomic E-state index is 2.23. The molecule has 0 bridgehead atoms. The quantitative estimate of drug-likeness (QED) is 0.519. The zero-order valence-electron chi connectivity index (χ0n) is 6.50. The van der Waals surface area contributed by atoms with Crippen LogP contribution in [0.2, 0.25) is 0 Å². The third-order valence-electron chi connectivity index (χ3n) is 2.06. The smallest absolute Gasteiger partial charge is 0.0310 e. The first-order chi connectivity index (χ1) is 4.13. The van der Waals surface area contributed by atoms with Crippen LogP contribution in [-0.2, 0) is 0 Å². The van der Waals surface area contributed by atoms with Crippen molar-refractivity contribution in [1.29, 1.82) is 0 Å². The van der Waals surface area contributed by atoms with Crippen molar-refractivity contribution in [3.8, 4) is 0 Å². The van der Waals surface area contributed by atoms with Gasteiger partial charge in [-0.25, -0.2) is 0 Å². The van der Waals surface area contributed by atoms with E-state index in [9.17, 15) is 0 Å². The standard InChI is InChI=1S/C8H13P/c1-5-6(2)8(4)9-7(5)3/h9H,1-4H3. The molecule has 1 heteroatoms. The van der Waals surface area contributed by atoms with Crippen LogP contribution in [0.4, 0.5) is 0 Å². The first-order valence-corrected chi connectivity index (χ1v) is 4.25. The van der Waals surface area contributed by atoms with Gasteiger partial charge >= 0.3 is 0 Å². The highest BCUT2D eigenvalue weighted by atomic mass is 31.0. The van der Waals surface area contributed by atoms with Crippen LogP contribution in [0.25, 0.3) is 0 Å². The van der Waals surface area contributed by atoms with Gasteiger partial charge in [0.1, 0.15) is 0 Å². The van der Waals surface area contributed by atoms with E-state index < -0.39 is 0 Å². The fraction of sp³-hybridized carbons (Fsp3) is 0.500. The van der Waals surface area contributed by atoms with E-state index in [0.717, 1.165) is 8.19 Å². The molecule has 0 nitrogen and oxygen atoms in total. The van der Waals surface area contributed by atoms with Crippen molar-refractivity contribution >= 4 is 8.19 Å². The normalized spacial score (nSPS) is 10.2. The molecule has 0 aliphatic carbocycles. The Balaban J connectivity index is 3.29. The van der Waals surface area contributed by atoms with E-state index in [2.05, 4.69) is 27.7 Å². The Morgan fingerprint density at radius 1 is 0.778 bits per heavy atom. The van der Waals surface area contributed by atoms with E-state index in [1.807, 2.05) is 0 Å². The average Bonchev–Trinajstić information content (AvgIpc) is 1.98. The van der Waals surface area contributed by atoms with Crippen LogP contribution in [0.5, 0.6) is 0 Å². The van der Waals surface area contributed by atoms with E-state index in [1.54, 1.807) is 10.6 Å². The molecule has 0 saturated heterocycles. The van der Waals surface area contributed by atoms with E-state index in [1.165, 1.54) is 11.1 Å². The first-order valence-electron chi connectivity index (χ1n) is 3.25. The molecular formula is C8H13P. The van der Waals surface area contributed by atoms with Crippen molar-refractivity contribution in [3.05, 3.63) is 21.7 Å². The molecule has 0 amide bonds. The Kier molecular flexibility index (Phi) is 1.68. The van der Waals surface area contributed by atoms with Gasteiger partial charge in [0.05, 0.1) is 0 Å².